The van der Waals surface area contributed by atoms with E-state index in [4.69, 9.17) is 19.1 Å². The number of carbonyl (C=O) groups is 2. The van der Waals surface area contributed by atoms with Crippen LogP contribution in [0.25, 0.3) is 0 Å². The number of carboxylic acid groups (broad SMARTS) is 1. The van der Waals surface area contributed by atoms with Crippen molar-refractivity contribution in [1.29, 1.82) is 0 Å². The molecule has 4 heterocycles. The lowest BCUT2D eigenvalue weighted by molar-refractivity contribution is -0.192. The van der Waals surface area contributed by atoms with Crippen molar-refractivity contribution in [3.05, 3.63) is 53.2 Å². The Balaban J connectivity index is 0.000000383. The summed E-state index contributed by atoms with van der Waals surface area (Å²) in [6.45, 7) is 7.60. The van der Waals surface area contributed by atoms with Crippen molar-refractivity contribution in [3.63, 3.8) is 0 Å². The van der Waals surface area contributed by atoms with Gasteiger partial charge in [0, 0.05) is 38.6 Å². The number of ether oxygens (including phenoxy) is 1. The topological polar surface area (TPSA) is 96.1 Å². The molecule has 0 saturated carbocycles. The zero-order valence-electron chi connectivity index (χ0n) is 18.3. The van der Waals surface area contributed by atoms with Gasteiger partial charge in [0.05, 0.1) is 24.3 Å². The summed E-state index contributed by atoms with van der Waals surface area (Å²) in [6.07, 6.45) is -0.317. The molecule has 2 aromatic heterocycles. The second-order valence-corrected chi connectivity index (χ2v) is 7.98. The van der Waals surface area contributed by atoms with Gasteiger partial charge in [0.2, 0.25) is 0 Å². The monoisotopic (exact) mass is 469 g/mol. The number of alkyl halides is 3. The van der Waals surface area contributed by atoms with Crippen molar-refractivity contribution in [3.8, 4) is 0 Å². The molecule has 180 valence electrons. The highest BCUT2D eigenvalue weighted by Gasteiger charge is 2.39. The minimum Gasteiger partial charge on any atom is -0.475 e. The van der Waals surface area contributed by atoms with Crippen molar-refractivity contribution >= 4 is 11.9 Å². The van der Waals surface area contributed by atoms with Crippen LogP contribution in [-0.4, -0.2) is 76.3 Å². The molecule has 0 unspecified atom stereocenters. The number of likely N-dealkylation sites (tertiary alicyclic amines) is 1. The summed E-state index contributed by atoms with van der Waals surface area (Å²) in [6, 6.07) is 6.12. The fourth-order valence-corrected chi connectivity index (χ4v) is 4.06. The standard InChI is InChI=1S/C20H25N3O3.C2HF3O2/c1-14-10-17(15(2)26-14)20(24)23-7-5-19-18(13-23)22(8-9-25-19)12-16-4-3-6-21-11-16;3-2(4,5)1(6)7/h3-4,6,10-11,18-19H,5,7-9,12-13H2,1-2H3;(H,6,7)/t18-,19-;/m0./s1. The number of furan rings is 1. The van der Waals surface area contributed by atoms with E-state index in [1.54, 1.807) is 6.20 Å². The van der Waals surface area contributed by atoms with Crippen molar-refractivity contribution in [2.24, 2.45) is 0 Å². The maximum Gasteiger partial charge on any atom is 0.490 e. The lowest BCUT2D eigenvalue weighted by atomic mass is 9.97. The number of amides is 1. The molecular weight excluding hydrogens is 443 g/mol. The molecular formula is C22H26F3N3O5. The number of halogens is 3. The molecule has 11 heteroatoms. The minimum atomic E-state index is -5.08. The molecule has 0 aromatic carbocycles. The molecule has 2 aliphatic rings. The highest BCUT2D eigenvalue weighted by Crippen LogP contribution is 2.26. The Labute approximate surface area is 188 Å². The third-order valence-corrected chi connectivity index (χ3v) is 5.61. The lowest BCUT2D eigenvalue weighted by Crippen LogP contribution is -2.60. The molecule has 2 aromatic rings. The fourth-order valence-electron chi connectivity index (χ4n) is 4.06. The van der Waals surface area contributed by atoms with Gasteiger partial charge >= 0.3 is 12.1 Å². The number of carbonyl (C=O) groups excluding carboxylic acids is 1. The zero-order valence-corrected chi connectivity index (χ0v) is 18.3. The molecule has 2 atom stereocenters. The molecule has 1 N–H and O–H groups in total. The molecule has 2 fully saturated rings. The highest BCUT2D eigenvalue weighted by atomic mass is 19.4. The van der Waals surface area contributed by atoms with Gasteiger partial charge in [0.1, 0.15) is 11.5 Å². The van der Waals surface area contributed by atoms with Crippen molar-refractivity contribution in [2.75, 3.05) is 26.2 Å². The first-order valence-corrected chi connectivity index (χ1v) is 10.5. The third-order valence-electron chi connectivity index (χ3n) is 5.61. The number of carboxylic acids is 1. The zero-order chi connectivity index (χ0) is 24.2. The van der Waals surface area contributed by atoms with Gasteiger partial charge in [-0.25, -0.2) is 4.79 Å². The summed E-state index contributed by atoms with van der Waals surface area (Å²) >= 11 is 0. The van der Waals surface area contributed by atoms with E-state index in [0.29, 0.717) is 17.9 Å². The van der Waals surface area contributed by atoms with Gasteiger partial charge in [-0.05, 0) is 38.0 Å². The van der Waals surface area contributed by atoms with Crippen LogP contribution in [0, 0.1) is 13.8 Å². The van der Waals surface area contributed by atoms with Gasteiger partial charge in [0.15, 0.2) is 0 Å². The summed E-state index contributed by atoms with van der Waals surface area (Å²) in [5, 5.41) is 7.12. The number of morpholine rings is 1. The smallest absolute Gasteiger partial charge is 0.475 e. The first kappa shape index (κ1) is 24.7. The molecule has 33 heavy (non-hydrogen) atoms. The number of hydrogen-bond donors (Lipinski definition) is 1. The van der Waals surface area contributed by atoms with Crippen LogP contribution in [-0.2, 0) is 16.1 Å². The maximum atomic E-state index is 13.0. The quantitative estimate of drug-likeness (QED) is 0.738. The predicted octanol–water partition coefficient (Wildman–Crippen LogP) is 3.04. The van der Waals surface area contributed by atoms with E-state index >= 15 is 0 Å². The summed E-state index contributed by atoms with van der Waals surface area (Å²) in [5.41, 5.74) is 1.87. The van der Waals surface area contributed by atoms with Gasteiger partial charge in [-0.3, -0.25) is 14.7 Å². The Bertz CT molecular complexity index is 964. The number of nitrogens with zero attached hydrogens (tertiary/aromatic N) is 3. The van der Waals surface area contributed by atoms with Crippen LogP contribution in [0.3, 0.4) is 0 Å². The lowest BCUT2D eigenvalue weighted by Gasteiger charge is -2.47. The van der Waals surface area contributed by atoms with Crippen molar-refractivity contribution < 1.29 is 37.0 Å². The van der Waals surface area contributed by atoms with E-state index in [1.807, 2.05) is 37.1 Å². The number of fused-ring (bicyclic) bond motifs is 1. The molecule has 8 nitrogen and oxygen atoms in total. The predicted molar refractivity (Wildman–Crippen MR) is 111 cm³/mol. The van der Waals surface area contributed by atoms with E-state index in [9.17, 15) is 18.0 Å². The van der Waals surface area contributed by atoms with Gasteiger partial charge in [-0.2, -0.15) is 13.2 Å². The molecule has 1 amide bonds. The fraction of sp³-hybridized carbons (Fsp3) is 0.500. The number of hydrogen-bond acceptors (Lipinski definition) is 6. The Morgan fingerprint density at radius 1 is 1.27 bits per heavy atom. The Hall–Kier alpha value is -2.92. The minimum absolute atomic E-state index is 0.0599. The summed E-state index contributed by atoms with van der Waals surface area (Å²) in [5.74, 6) is -1.22. The largest absolute Gasteiger partial charge is 0.490 e. The summed E-state index contributed by atoms with van der Waals surface area (Å²) < 4.78 is 43.3. The molecule has 2 saturated heterocycles. The van der Waals surface area contributed by atoms with Gasteiger partial charge in [-0.1, -0.05) is 6.07 Å². The van der Waals surface area contributed by atoms with E-state index in [1.165, 1.54) is 5.56 Å². The summed E-state index contributed by atoms with van der Waals surface area (Å²) in [4.78, 5) is 30.5. The van der Waals surface area contributed by atoms with Gasteiger partial charge in [-0.15, -0.1) is 0 Å². The molecule has 0 radical (unpaired) electrons. The van der Waals surface area contributed by atoms with E-state index in [0.717, 1.165) is 38.4 Å². The van der Waals surface area contributed by atoms with Crippen molar-refractivity contribution in [2.45, 2.75) is 45.1 Å². The van der Waals surface area contributed by atoms with Crippen LogP contribution < -0.4 is 0 Å². The second-order valence-electron chi connectivity index (χ2n) is 7.98. The van der Waals surface area contributed by atoms with Crippen LogP contribution in [0.4, 0.5) is 13.2 Å². The number of aromatic nitrogens is 1. The second kappa shape index (κ2) is 10.3. The Morgan fingerprint density at radius 2 is 2.00 bits per heavy atom. The molecule has 2 aliphatic heterocycles. The molecule has 0 bridgehead atoms. The SMILES string of the molecule is Cc1cc(C(=O)N2CC[C@@H]3OCCN(Cc4cccnc4)[C@H]3C2)c(C)o1.O=C(O)C(F)(F)F. The summed E-state index contributed by atoms with van der Waals surface area (Å²) in [7, 11) is 0. The Kier molecular flexibility index (Phi) is 7.75. The van der Waals surface area contributed by atoms with Crippen LogP contribution in [0.15, 0.2) is 35.0 Å². The van der Waals surface area contributed by atoms with Crippen LogP contribution in [0.1, 0.15) is 33.9 Å². The van der Waals surface area contributed by atoms with E-state index in [2.05, 4.69) is 16.0 Å². The van der Waals surface area contributed by atoms with E-state index < -0.39 is 12.1 Å². The van der Waals surface area contributed by atoms with Crippen LogP contribution in [0.5, 0.6) is 0 Å². The van der Waals surface area contributed by atoms with E-state index in [-0.39, 0.29) is 18.1 Å². The average molecular weight is 469 g/mol. The first-order chi connectivity index (χ1) is 15.6. The van der Waals surface area contributed by atoms with Gasteiger partial charge < -0.3 is 19.2 Å². The number of pyridine rings is 1. The first-order valence-electron chi connectivity index (χ1n) is 10.5. The highest BCUT2D eigenvalue weighted by molar-refractivity contribution is 5.95. The Morgan fingerprint density at radius 3 is 2.58 bits per heavy atom. The maximum absolute atomic E-state index is 13.0. The number of aliphatic carboxylic acids is 1. The molecule has 0 spiro atoms. The van der Waals surface area contributed by atoms with Crippen LogP contribution in [0.2, 0.25) is 0 Å². The normalized spacial score (nSPS) is 21.1. The van der Waals surface area contributed by atoms with Crippen LogP contribution >= 0.6 is 0 Å². The third kappa shape index (κ3) is 6.32. The number of aryl methyl sites for hydroxylation is 2. The molecule has 0 aliphatic carbocycles. The van der Waals surface area contributed by atoms with Gasteiger partial charge in [0.25, 0.3) is 5.91 Å². The average Bonchev–Trinajstić information content (AvgIpc) is 3.11. The van der Waals surface area contributed by atoms with Crippen molar-refractivity contribution in [1.82, 2.24) is 14.8 Å². The number of rotatable bonds is 3. The number of piperidine rings is 1. The molecule has 4 rings (SSSR count).